The summed E-state index contributed by atoms with van der Waals surface area (Å²) in [5, 5.41) is 1.97. The van der Waals surface area contributed by atoms with Crippen molar-refractivity contribution >= 4 is 28.8 Å². The van der Waals surface area contributed by atoms with Crippen LogP contribution in [0.5, 0.6) is 5.75 Å². The maximum absolute atomic E-state index is 13.5. The summed E-state index contributed by atoms with van der Waals surface area (Å²) in [6, 6.07) is 17.4. The molecule has 1 unspecified atom stereocenters. The number of carbonyl (C=O) groups excluding carboxylic acids is 2. The van der Waals surface area contributed by atoms with Gasteiger partial charge in [-0.15, -0.1) is 11.3 Å². The van der Waals surface area contributed by atoms with E-state index in [1.54, 1.807) is 23.5 Å². The third-order valence-electron chi connectivity index (χ3n) is 6.70. The second-order valence-electron chi connectivity index (χ2n) is 8.84. The van der Waals surface area contributed by atoms with Crippen LogP contribution in [0, 0.1) is 0 Å². The first kappa shape index (κ1) is 23.3. The average molecular weight is 488 g/mol. The van der Waals surface area contributed by atoms with Crippen LogP contribution in [0.25, 0.3) is 0 Å². The third-order valence-corrected chi connectivity index (χ3v) is 7.75. The number of fused-ring (bicyclic) bond motifs is 1. The van der Waals surface area contributed by atoms with Gasteiger partial charge in [0.25, 0.3) is 11.8 Å². The molecule has 6 nitrogen and oxygen atoms in total. The molecule has 180 valence electrons. The fourth-order valence-electron chi connectivity index (χ4n) is 4.87. The fourth-order valence-corrected chi connectivity index (χ4v) is 5.64. The van der Waals surface area contributed by atoms with Crippen molar-refractivity contribution in [2.45, 2.75) is 19.5 Å². The van der Waals surface area contributed by atoms with Crippen LogP contribution in [0.1, 0.15) is 44.1 Å². The Morgan fingerprint density at radius 2 is 1.80 bits per heavy atom. The summed E-state index contributed by atoms with van der Waals surface area (Å²) in [6.07, 6.45) is 1.75. The lowest BCUT2D eigenvalue weighted by Gasteiger charge is -2.37. The molecular formula is C28H29N3O3S. The van der Waals surface area contributed by atoms with Crippen molar-refractivity contribution in [1.82, 2.24) is 9.80 Å². The predicted octanol–water partition coefficient (Wildman–Crippen LogP) is 4.99. The summed E-state index contributed by atoms with van der Waals surface area (Å²) in [5.74, 6) is 0.486. The van der Waals surface area contributed by atoms with Gasteiger partial charge in [-0.2, -0.15) is 0 Å². The highest BCUT2D eigenvalue weighted by Crippen LogP contribution is 2.37. The first-order valence-corrected chi connectivity index (χ1v) is 12.8. The van der Waals surface area contributed by atoms with Crippen molar-refractivity contribution in [3.63, 3.8) is 0 Å². The second-order valence-corrected chi connectivity index (χ2v) is 9.82. The van der Waals surface area contributed by atoms with E-state index in [0.717, 1.165) is 54.6 Å². The summed E-state index contributed by atoms with van der Waals surface area (Å²) in [4.78, 5) is 33.7. The molecule has 1 aromatic heterocycles. The topological polar surface area (TPSA) is 53.1 Å². The van der Waals surface area contributed by atoms with Crippen molar-refractivity contribution in [3.8, 4) is 5.75 Å². The minimum Gasteiger partial charge on any atom is -0.489 e. The quantitative estimate of drug-likeness (QED) is 0.331. The van der Waals surface area contributed by atoms with Gasteiger partial charge in [0.05, 0.1) is 22.9 Å². The first-order chi connectivity index (χ1) is 17.1. The second kappa shape index (κ2) is 10.1. The van der Waals surface area contributed by atoms with E-state index in [1.165, 1.54) is 4.90 Å². The maximum atomic E-state index is 13.5. The summed E-state index contributed by atoms with van der Waals surface area (Å²) >= 11 is 1.56. The molecule has 0 aliphatic carbocycles. The highest BCUT2D eigenvalue weighted by molar-refractivity contribution is 7.10. The molecule has 3 heterocycles. The van der Waals surface area contributed by atoms with Crippen LogP contribution in [0.4, 0.5) is 5.69 Å². The number of carbonyl (C=O) groups is 2. The number of para-hydroxylation sites is 1. The maximum Gasteiger partial charge on any atom is 0.264 e. The number of anilines is 1. The predicted molar refractivity (Wildman–Crippen MR) is 139 cm³/mol. The van der Waals surface area contributed by atoms with Crippen LogP contribution in [-0.4, -0.2) is 54.4 Å². The Bertz CT molecular complexity index is 1230. The van der Waals surface area contributed by atoms with E-state index < -0.39 is 0 Å². The van der Waals surface area contributed by atoms with Crippen LogP contribution < -0.4 is 9.64 Å². The Morgan fingerprint density at radius 1 is 1.00 bits per heavy atom. The number of rotatable bonds is 8. The number of piperazine rings is 1. The van der Waals surface area contributed by atoms with Crippen molar-refractivity contribution in [2.75, 3.05) is 37.7 Å². The lowest BCUT2D eigenvalue weighted by atomic mass is 10.1. The lowest BCUT2D eigenvalue weighted by molar-refractivity contribution is 0.0598. The smallest absolute Gasteiger partial charge is 0.264 e. The highest BCUT2D eigenvalue weighted by Gasteiger charge is 2.41. The van der Waals surface area contributed by atoms with E-state index in [1.807, 2.05) is 54.8 Å². The zero-order valence-electron chi connectivity index (χ0n) is 19.9. The largest absolute Gasteiger partial charge is 0.489 e. The van der Waals surface area contributed by atoms with Gasteiger partial charge in [-0.05, 0) is 36.6 Å². The number of hydrogen-bond donors (Lipinski definition) is 0. The lowest BCUT2D eigenvalue weighted by Crippen LogP contribution is -2.46. The number of imide groups is 1. The van der Waals surface area contributed by atoms with Crippen LogP contribution in [0.2, 0.25) is 0 Å². The Balaban J connectivity index is 1.30. The molecule has 0 saturated carbocycles. The van der Waals surface area contributed by atoms with E-state index in [0.29, 0.717) is 17.7 Å². The van der Waals surface area contributed by atoms with Crippen molar-refractivity contribution in [1.29, 1.82) is 0 Å². The average Bonchev–Trinajstić information content (AvgIpc) is 3.51. The molecule has 35 heavy (non-hydrogen) atoms. The fraction of sp³-hybridized carbons (Fsp3) is 0.286. The van der Waals surface area contributed by atoms with Gasteiger partial charge in [0, 0.05) is 43.2 Å². The molecule has 2 aliphatic rings. The molecule has 1 fully saturated rings. The molecule has 7 heteroatoms. The monoisotopic (exact) mass is 487 g/mol. The zero-order chi connectivity index (χ0) is 24.4. The van der Waals surface area contributed by atoms with Crippen LogP contribution in [0.3, 0.4) is 0 Å². The molecule has 0 bridgehead atoms. The van der Waals surface area contributed by atoms with E-state index in [4.69, 9.17) is 4.74 Å². The molecule has 3 aromatic rings. The SMILES string of the molecule is C=CCOc1ccccc1CN1CCN(c2cccc3c2C(=O)N(C(C)c2cccs2)C3=O)CC1. The molecule has 1 atom stereocenters. The summed E-state index contributed by atoms with van der Waals surface area (Å²) < 4.78 is 5.82. The number of nitrogens with zero attached hydrogens (tertiary/aromatic N) is 3. The molecule has 0 radical (unpaired) electrons. The van der Waals surface area contributed by atoms with Crippen LogP contribution in [0.15, 0.2) is 72.6 Å². The molecule has 1 saturated heterocycles. The normalized spacial score (nSPS) is 16.9. The van der Waals surface area contributed by atoms with Crippen LogP contribution >= 0.6 is 11.3 Å². The number of benzene rings is 2. The number of thiophene rings is 1. The van der Waals surface area contributed by atoms with Crippen molar-refractivity contribution in [3.05, 3.63) is 94.2 Å². The first-order valence-electron chi connectivity index (χ1n) is 11.9. The minimum absolute atomic E-state index is 0.197. The Labute approximate surface area is 210 Å². The van der Waals surface area contributed by atoms with Gasteiger partial charge in [0.2, 0.25) is 0 Å². The Morgan fingerprint density at radius 3 is 2.54 bits per heavy atom. The van der Waals surface area contributed by atoms with Crippen LogP contribution in [-0.2, 0) is 6.54 Å². The van der Waals surface area contributed by atoms with Crippen molar-refractivity contribution in [2.24, 2.45) is 0 Å². The van der Waals surface area contributed by atoms with Gasteiger partial charge in [-0.3, -0.25) is 19.4 Å². The zero-order valence-corrected chi connectivity index (χ0v) is 20.7. The summed E-state index contributed by atoms with van der Waals surface area (Å²) in [7, 11) is 0. The number of hydrogen-bond acceptors (Lipinski definition) is 6. The third kappa shape index (κ3) is 4.49. The van der Waals surface area contributed by atoms with Gasteiger partial charge >= 0.3 is 0 Å². The van der Waals surface area contributed by atoms with E-state index in [2.05, 4.69) is 22.4 Å². The van der Waals surface area contributed by atoms with Crippen molar-refractivity contribution < 1.29 is 14.3 Å². The van der Waals surface area contributed by atoms with Gasteiger partial charge < -0.3 is 9.64 Å². The summed E-state index contributed by atoms with van der Waals surface area (Å²) in [6.45, 7) is 10.2. The van der Waals surface area contributed by atoms with E-state index in [-0.39, 0.29) is 17.9 Å². The molecule has 2 aromatic carbocycles. The summed E-state index contributed by atoms with van der Waals surface area (Å²) in [5.41, 5.74) is 3.06. The van der Waals surface area contributed by atoms with Gasteiger partial charge in [-0.25, -0.2) is 0 Å². The van der Waals surface area contributed by atoms with Gasteiger partial charge in [0.1, 0.15) is 12.4 Å². The highest BCUT2D eigenvalue weighted by atomic mass is 32.1. The Kier molecular flexibility index (Phi) is 6.70. The van der Waals surface area contributed by atoms with Gasteiger partial charge in [0.15, 0.2) is 0 Å². The molecular weight excluding hydrogens is 458 g/mol. The standard InChI is InChI=1S/C28H29N3O3S/c1-3-17-34-24-11-5-4-8-21(24)19-29-13-15-30(16-14-29)23-10-6-9-22-26(23)28(33)31(27(22)32)20(2)25-12-7-18-35-25/h3-12,18,20H,1,13-17,19H2,2H3. The van der Waals surface area contributed by atoms with Gasteiger partial charge in [-0.1, -0.05) is 43.0 Å². The molecule has 0 spiro atoms. The van der Waals surface area contributed by atoms with E-state index in [9.17, 15) is 9.59 Å². The molecule has 2 aliphatic heterocycles. The minimum atomic E-state index is -0.282. The van der Waals surface area contributed by atoms with E-state index >= 15 is 0 Å². The Hall–Kier alpha value is -3.42. The number of ether oxygens (including phenoxy) is 1. The molecule has 2 amide bonds. The number of amides is 2. The molecule has 5 rings (SSSR count). The molecule has 0 N–H and O–H groups in total.